The lowest BCUT2D eigenvalue weighted by atomic mass is 9.83. The summed E-state index contributed by atoms with van der Waals surface area (Å²) in [6.07, 6.45) is 5.37. The van der Waals surface area contributed by atoms with Gasteiger partial charge in [-0.05, 0) is 36.8 Å². The number of nitrogens with zero attached hydrogens (tertiary/aromatic N) is 1. The quantitative estimate of drug-likeness (QED) is 0.335. The fourth-order valence-electron chi connectivity index (χ4n) is 2.92. The van der Waals surface area contributed by atoms with E-state index in [4.69, 9.17) is 10.9 Å². The van der Waals surface area contributed by atoms with Crippen LogP contribution >= 0.6 is 0 Å². The molecule has 0 radical (unpaired) electrons. The maximum Gasteiger partial charge on any atom is 0.170 e. The fourth-order valence-corrected chi connectivity index (χ4v) is 2.92. The Kier molecular flexibility index (Phi) is 5.41. The second-order valence-corrected chi connectivity index (χ2v) is 5.90. The van der Waals surface area contributed by atoms with Gasteiger partial charge in [-0.15, -0.1) is 0 Å². The Morgan fingerprint density at radius 1 is 1.30 bits per heavy atom. The third-order valence-electron chi connectivity index (χ3n) is 4.28. The Morgan fingerprint density at radius 2 is 2.00 bits per heavy atom. The molecule has 0 aromatic heterocycles. The van der Waals surface area contributed by atoms with Crippen LogP contribution in [0.15, 0.2) is 29.4 Å². The van der Waals surface area contributed by atoms with E-state index in [0.717, 1.165) is 36.1 Å². The smallest absolute Gasteiger partial charge is 0.170 e. The third kappa shape index (κ3) is 3.97. The summed E-state index contributed by atoms with van der Waals surface area (Å²) in [7, 11) is 0. The first-order valence-electron chi connectivity index (χ1n) is 7.47. The van der Waals surface area contributed by atoms with Gasteiger partial charge in [-0.25, -0.2) is 0 Å². The predicted octanol–water partition coefficient (Wildman–Crippen LogP) is 2.70. The minimum absolute atomic E-state index is 0.175. The fraction of sp³-hybridized carbons (Fsp3) is 0.562. The Morgan fingerprint density at radius 3 is 2.70 bits per heavy atom. The molecule has 4 N–H and O–H groups in total. The van der Waals surface area contributed by atoms with Crippen LogP contribution in [0.2, 0.25) is 0 Å². The SMILES string of the molecule is CC1CCC(CNCc2ccccc2C(N)=NO)CC1. The molecule has 0 aliphatic heterocycles. The van der Waals surface area contributed by atoms with Crippen molar-refractivity contribution in [2.24, 2.45) is 22.7 Å². The number of nitrogens with one attached hydrogen (secondary N) is 1. The van der Waals surface area contributed by atoms with E-state index in [1.54, 1.807) is 0 Å². The molecule has 0 heterocycles. The summed E-state index contributed by atoms with van der Waals surface area (Å²) in [5.41, 5.74) is 7.58. The molecule has 0 spiro atoms. The molecule has 1 aromatic rings. The highest BCUT2D eigenvalue weighted by molar-refractivity contribution is 5.98. The first-order valence-corrected chi connectivity index (χ1v) is 7.47. The van der Waals surface area contributed by atoms with Crippen molar-refractivity contribution in [3.05, 3.63) is 35.4 Å². The monoisotopic (exact) mass is 275 g/mol. The standard InChI is InChI=1S/C16H25N3O/c1-12-6-8-13(9-7-12)10-18-11-14-4-2-3-5-15(14)16(17)19-20/h2-5,12-13,18,20H,6-11H2,1H3,(H2,17,19). The lowest BCUT2D eigenvalue weighted by molar-refractivity contribution is 0.281. The molecule has 0 amide bonds. The van der Waals surface area contributed by atoms with Crippen LogP contribution in [-0.4, -0.2) is 17.6 Å². The van der Waals surface area contributed by atoms with Crippen molar-refractivity contribution in [2.45, 2.75) is 39.2 Å². The van der Waals surface area contributed by atoms with E-state index in [-0.39, 0.29) is 5.84 Å². The van der Waals surface area contributed by atoms with Crippen LogP contribution in [0.25, 0.3) is 0 Å². The van der Waals surface area contributed by atoms with E-state index in [1.807, 2.05) is 24.3 Å². The number of benzene rings is 1. The summed E-state index contributed by atoms with van der Waals surface area (Å²) >= 11 is 0. The normalized spacial score (nSPS) is 23.8. The van der Waals surface area contributed by atoms with Crippen LogP contribution in [0.3, 0.4) is 0 Å². The van der Waals surface area contributed by atoms with Gasteiger partial charge in [0.15, 0.2) is 5.84 Å². The van der Waals surface area contributed by atoms with Gasteiger partial charge in [0.25, 0.3) is 0 Å². The van der Waals surface area contributed by atoms with Crippen molar-refractivity contribution < 1.29 is 5.21 Å². The first kappa shape index (κ1) is 14.9. The van der Waals surface area contributed by atoms with E-state index < -0.39 is 0 Å². The molecule has 4 nitrogen and oxygen atoms in total. The van der Waals surface area contributed by atoms with Gasteiger partial charge < -0.3 is 16.3 Å². The van der Waals surface area contributed by atoms with Crippen LogP contribution in [0, 0.1) is 11.8 Å². The van der Waals surface area contributed by atoms with Crippen LogP contribution in [0.5, 0.6) is 0 Å². The number of hydrogen-bond acceptors (Lipinski definition) is 3. The van der Waals surface area contributed by atoms with Gasteiger partial charge in [-0.1, -0.05) is 49.2 Å². The van der Waals surface area contributed by atoms with Gasteiger partial charge in [-0.3, -0.25) is 0 Å². The summed E-state index contributed by atoms with van der Waals surface area (Å²) in [4.78, 5) is 0. The molecule has 0 saturated heterocycles. The molecule has 1 saturated carbocycles. The molecule has 1 aromatic carbocycles. The van der Waals surface area contributed by atoms with Crippen LogP contribution < -0.4 is 11.1 Å². The van der Waals surface area contributed by atoms with Crippen molar-refractivity contribution in [2.75, 3.05) is 6.54 Å². The highest BCUT2D eigenvalue weighted by Crippen LogP contribution is 2.27. The zero-order valence-electron chi connectivity index (χ0n) is 12.2. The highest BCUT2D eigenvalue weighted by Gasteiger charge is 2.17. The van der Waals surface area contributed by atoms with E-state index >= 15 is 0 Å². The van der Waals surface area contributed by atoms with Gasteiger partial charge in [0.2, 0.25) is 0 Å². The molecule has 2 rings (SSSR count). The molecule has 20 heavy (non-hydrogen) atoms. The molecule has 0 unspecified atom stereocenters. The van der Waals surface area contributed by atoms with Gasteiger partial charge in [0, 0.05) is 12.1 Å². The Balaban J connectivity index is 1.85. The molecule has 110 valence electrons. The maximum atomic E-state index is 8.81. The predicted molar refractivity (Wildman–Crippen MR) is 81.8 cm³/mol. The lowest BCUT2D eigenvalue weighted by Crippen LogP contribution is -2.27. The van der Waals surface area contributed by atoms with Gasteiger partial charge in [-0.2, -0.15) is 0 Å². The van der Waals surface area contributed by atoms with Crippen LogP contribution in [0.1, 0.15) is 43.7 Å². The van der Waals surface area contributed by atoms with Crippen LogP contribution in [0.4, 0.5) is 0 Å². The Labute approximate surface area is 121 Å². The summed E-state index contributed by atoms with van der Waals surface area (Å²) in [5, 5.41) is 15.4. The third-order valence-corrected chi connectivity index (χ3v) is 4.28. The molecule has 0 atom stereocenters. The Bertz CT molecular complexity index is 451. The van der Waals surface area contributed by atoms with E-state index in [1.165, 1.54) is 25.7 Å². The van der Waals surface area contributed by atoms with Crippen LogP contribution in [-0.2, 0) is 6.54 Å². The van der Waals surface area contributed by atoms with E-state index in [0.29, 0.717) is 0 Å². The van der Waals surface area contributed by atoms with E-state index in [9.17, 15) is 0 Å². The lowest BCUT2D eigenvalue weighted by Gasteiger charge is -2.26. The minimum Gasteiger partial charge on any atom is -0.409 e. The summed E-state index contributed by atoms with van der Waals surface area (Å²) in [5.74, 6) is 1.86. The molecular weight excluding hydrogens is 250 g/mol. The molecule has 1 fully saturated rings. The average Bonchev–Trinajstić information content (AvgIpc) is 2.49. The Hall–Kier alpha value is -1.55. The molecule has 1 aliphatic rings. The first-order chi connectivity index (χ1) is 9.70. The number of hydrogen-bond donors (Lipinski definition) is 3. The summed E-state index contributed by atoms with van der Waals surface area (Å²) in [6, 6.07) is 7.78. The number of oxime groups is 1. The van der Waals surface area contributed by atoms with E-state index in [2.05, 4.69) is 17.4 Å². The number of amidine groups is 1. The summed E-state index contributed by atoms with van der Waals surface area (Å²) in [6.45, 7) is 4.16. The average molecular weight is 275 g/mol. The molecular formula is C16H25N3O. The molecule has 4 heteroatoms. The second-order valence-electron chi connectivity index (χ2n) is 5.90. The summed E-state index contributed by atoms with van der Waals surface area (Å²) < 4.78 is 0. The zero-order chi connectivity index (χ0) is 14.4. The largest absolute Gasteiger partial charge is 0.409 e. The van der Waals surface area contributed by atoms with Crippen molar-refractivity contribution in [1.82, 2.24) is 5.32 Å². The minimum atomic E-state index is 0.175. The highest BCUT2D eigenvalue weighted by atomic mass is 16.4. The topological polar surface area (TPSA) is 70.6 Å². The van der Waals surface area contributed by atoms with Gasteiger partial charge in [0.05, 0.1) is 0 Å². The van der Waals surface area contributed by atoms with Crippen molar-refractivity contribution in [3.8, 4) is 0 Å². The number of rotatable bonds is 5. The molecule has 1 aliphatic carbocycles. The van der Waals surface area contributed by atoms with Crippen molar-refractivity contribution >= 4 is 5.84 Å². The van der Waals surface area contributed by atoms with Gasteiger partial charge in [0.1, 0.15) is 0 Å². The number of nitrogens with two attached hydrogens (primary N) is 1. The maximum absolute atomic E-state index is 8.81. The molecule has 0 bridgehead atoms. The second kappa shape index (κ2) is 7.29. The van der Waals surface area contributed by atoms with Crippen molar-refractivity contribution in [3.63, 3.8) is 0 Å². The van der Waals surface area contributed by atoms with Gasteiger partial charge >= 0.3 is 0 Å². The zero-order valence-corrected chi connectivity index (χ0v) is 12.2. The van der Waals surface area contributed by atoms with Crippen molar-refractivity contribution in [1.29, 1.82) is 0 Å².